The van der Waals surface area contributed by atoms with E-state index in [1.165, 1.54) is 26.5 Å². The van der Waals surface area contributed by atoms with E-state index in [0.717, 1.165) is 31.2 Å². The van der Waals surface area contributed by atoms with Crippen LogP contribution < -0.4 is 4.74 Å². The van der Waals surface area contributed by atoms with E-state index in [4.69, 9.17) is 9.47 Å². The second-order valence-electron chi connectivity index (χ2n) is 6.31. The van der Waals surface area contributed by atoms with Crippen molar-refractivity contribution in [3.8, 4) is 5.75 Å². The van der Waals surface area contributed by atoms with Crippen LogP contribution in [0.25, 0.3) is 0 Å². The fourth-order valence-electron chi connectivity index (χ4n) is 3.23. The van der Waals surface area contributed by atoms with Gasteiger partial charge in [0.15, 0.2) is 9.84 Å². The summed E-state index contributed by atoms with van der Waals surface area (Å²) >= 11 is 0. The zero-order valence-corrected chi connectivity index (χ0v) is 14.9. The first kappa shape index (κ1) is 17.8. The summed E-state index contributed by atoms with van der Waals surface area (Å²) in [5, 5.41) is 0. The maximum atomic E-state index is 12.2. The van der Waals surface area contributed by atoms with Crippen molar-refractivity contribution in [2.45, 2.75) is 43.4 Å². The topological polar surface area (TPSA) is 69.7 Å². The third kappa shape index (κ3) is 3.86. The molecular weight excluding hydrogens is 316 g/mol. The summed E-state index contributed by atoms with van der Waals surface area (Å²) in [5.74, 6) is 0.606. The van der Waals surface area contributed by atoms with Gasteiger partial charge in [-0.05, 0) is 42.4 Å². The minimum Gasteiger partial charge on any atom is -0.496 e. The highest BCUT2D eigenvalue weighted by Crippen LogP contribution is 2.40. The normalized spacial score (nSPS) is 21.7. The average Bonchev–Trinajstić information content (AvgIpc) is 2.52. The molecule has 1 aliphatic rings. The molecule has 23 heavy (non-hydrogen) atoms. The van der Waals surface area contributed by atoms with Crippen LogP contribution in [0, 0.1) is 5.92 Å². The summed E-state index contributed by atoms with van der Waals surface area (Å²) in [7, 11) is -0.720. The Labute approximate surface area is 137 Å². The molecule has 1 saturated carbocycles. The van der Waals surface area contributed by atoms with Gasteiger partial charge in [-0.2, -0.15) is 0 Å². The van der Waals surface area contributed by atoms with Gasteiger partial charge < -0.3 is 9.47 Å². The molecule has 6 heteroatoms. The van der Waals surface area contributed by atoms with Gasteiger partial charge in [-0.1, -0.05) is 19.8 Å². The maximum Gasteiger partial charge on any atom is 0.341 e. The number of hydrogen-bond acceptors (Lipinski definition) is 5. The lowest BCUT2D eigenvalue weighted by molar-refractivity contribution is 0.0596. The third-order valence-electron chi connectivity index (χ3n) is 4.59. The van der Waals surface area contributed by atoms with Gasteiger partial charge in [-0.15, -0.1) is 0 Å². The molecule has 0 amide bonds. The highest BCUT2D eigenvalue weighted by Gasteiger charge is 2.28. The van der Waals surface area contributed by atoms with E-state index >= 15 is 0 Å². The Morgan fingerprint density at radius 1 is 1.13 bits per heavy atom. The van der Waals surface area contributed by atoms with E-state index in [2.05, 4.69) is 6.92 Å². The van der Waals surface area contributed by atoms with Crippen LogP contribution in [-0.4, -0.2) is 34.9 Å². The zero-order valence-electron chi connectivity index (χ0n) is 14.1. The molecule has 0 radical (unpaired) electrons. The Bertz CT molecular complexity index is 685. The molecule has 1 aliphatic carbocycles. The van der Waals surface area contributed by atoms with E-state index < -0.39 is 15.8 Å². The van der Waals surface area contributed by atoms with Crippen molar-refractivity contribution in [1.29, 1.82) is 0 Å². The minimum absolute atomic E-state index is 0.142. The van der Waals surface area contributed by atoms with Crippen LogP contribution in [0.15, 0.2) is 17.0 Å². The van der Waals surface area contributed by atoms with E-state index in [9.17, 15) is 13.2 Å². The lowest BCUT2D eigenvalue weighted by Crippen LogP contribution is -2.16. The molecular formula is C17H24O5S. The van der Waals surface area contributed by atoms with E-state index in [1.807, 2.05) is 0 Å². The fourth-order valence-corrected chi connectivity index (χ4v) is 4.21. The van der Waals surface area contributed by atoms with Crippen molar-refractivity contribution >= 4 is 15.8 Å². The van der Waals surface area contributed by atoms with Crippen molar-refractivity contribution in [3.63, 3.8) is 0 Å². The van der Waals surface area contributed by atoms with E-state index in [1.54, 1.807) is 6.07 Å². The number of ether oxygens (including phenoxy) is 2. The van der Waals surface area contributed by atoms with Crippen LogP contribution in [0.3, 0.4) is 0 Å². The molecule has 0 unspecified atom stereocenters. The number of benzene rings is 1. The van der Waals surface area contributed by atoms with Gasteiger partial charge in [-0.3, -0.25) is 0 Å². The van der Waals surface area contributed by atoms with Gasteiger partial charge in [0.05, 0.1) is 19.1 Å². The van der Waals surface area contributed by atoms with Crippen LogP contribution in [0.4, 0.5) is 0 Å². The second kappa shape index (κ2) is 6.91. The number of hydrogen-bond donors (Lipinski definition) is 0. The first-order chi connectivity index (χ1) is 10.8. The minimum atomic E-state index is -3.45. The number of sulfone groups is 1. The first-order valence-electron chi connectivity index (χ1n) is 7.78. The Morgan fingerprint density at radius 3 is 2.22 bits per heavy atom. The number of methoxy groups -OCH3 is 2. The van der Waals surface area contributed by atoms with Crippen molar-refractivity contribution in [2.24, 2.45) is 5.92 Å². The van der Waals surface area contributed by atoms with E-state index in [-0.39, 0.29) is 16.4 Å². The number of carbonyl (C=O) groups excluding carboxylic acids is 1. The van der Waals surface area contributed by atoms with Gasteiger partial charge in [0.2, 0.25) is 0 Å². The van der Waals surface area contributed by atoms with Gasteiger partial charge in [-0.25, -0.2) is 13.2 Å². The van der Waals surface area contributed by atoms with Crippen molar-refractivity contribution < 1.29 is 22.7 Å². The highest BCUT2D eigenvalue weighted by molar-refractivity contribution is 7.90. The molecule has 0 heterocycles. The summed E-state index contributed by atoms with van der Waals surface area (Å²) in [6, 6.07) is 3.09. The molecule has 0 saturated heterocycles. The molecule has 0 bridgehead atoms. The second-order valence-corrected chi connectivity index (χ2v) is 8.30. The molecule has 0 atom stereocenters. The smallest absolute Gasteiger partial charge is 0.341 e. The number of carbonyl (C=O) groups is 1. The average molecular weight is 340 g/mol. The zero-order chi connectivity index (χ0) is 17.2. The van der Waals surface area contributed by atoms with Crippen LogP contribution >= 0.6 is 0 Å². The van der Waals surface area contributed by atoms with E-state index in [0.29, 0.717) is 11.7 Å². The van der Waals surface area contributed by atoms with Crippen LogP contribution in [0.1, 0.15) is 54.4 Å². The van der Waals surface area contributed by atoms with Gasteiger partial charge >= 0.3 is 5.97 Å². The number of esters is 1. The lowest BCUT2D eigenvalue weighted by Gasteiger charge is -2.28. The van der Waals surface area contributed by atoms with Crippen molar-refractivity contribution in [2.75, 3.05) is 20.5 Å². The van der Waals surface area contributed by atoms with Crippen molar-refractivity contribution in [1.82, 2.24) is 0 Å². The summed E-state index contributed by atoms with van der Waals surface area (Å²) < 4.78 is 34.5. The largest absolute Gasteiger partial charge is 0.496 e. The molecule has 1 fully saturated rings. The Balaban J connectivity index is 2.58. The first-order valence-corrected chi connectivity index (χ1v) is 9.67. The van der Waals surface area contributed by atoms with Gasteiger partial charge in [0.1, 0.15) is 11.3 Å². The van der Waals surface area contributed by atoms with Crippen LogP contribution in [-0.2, 0) is 14.6 Å². The van der Waals surface area contributed by atoms with Crippen LogP contribution in [0.5, 0.6) is 5.75 Å². The lowest BCUT2D eigenvalue weighted by atomic mass is 9.79. The molecule has 1 aromatic rings. The Morgan fingerprint density at radius 2 is 1.74 bits per heavy atom. The predicted molar refractivity (Wildman–Crippen MR) is 87.8 cm³/mol. The molecule has 5 nitrogen and oxygen atoms in total. The molecule has 0 spiro atoms. The Kier molecular flexibility index (Phi) is 5.34. The molecule has 128 valence electrons. The van der Waals surface area contributed by atoms with Gasteiger partial charge in [0.25, 0.3) is 0 Å². The SMILES string of the molecule is COC(=O)c1cc(S(C)(=O)=O)c(C2CCC(C)CC2)cc1OC. The summed E-state index contributed by atoms with van der Waals surface area (Å²) in [6.07, 6.45) is 5.23. The monoisotopic (exact) mass is 340 g/mol. The Hall–Kier alpha value is -1.56. The fraction of sp³-hybridized carbons (Fsp3) is 0.588. The third-order valence-corrected chi connectivity index (χ3v) is 5.74. The molecule has 0 aromatic heterocycles. The number of rotatable bonds is 4. The maximum absolute atomic E-state index is 12.2. The predicted octanol–water partition coefficient (Wildman–Crippen LogP) is 3.18. The molecule has 0 N–H and O–H groups in total. The quantitative estimate of drug-likeness (QED) is 0.787. The van der Waals surface area contributed by atoms with Crippen molar-refractivity contribution in [3.05, 3.63) is 23.3 Å². The summed E-state index contributed by atoms with van der Waals surface area (Å²) in [4.78, 5) is 12.1. The molecule has 1 aromatic carbocycles. The van der Waals surface area contributed by atoms with Crippen LogP contribution in [0.2, 0.25) is 0 Å². The van der Waals surface area contributed by atoms with Gasteiger partial charge in [0, 0.05) is 6.26 Å². The highest BCUT2D eigenvalue weighted by atomic mass is 32.2. The standard InChI is InChI=1S/C17H24O5S/c1-11-5-7-12(8-6-11)13-9-15(21-2)14(17(18)22-3)10-16(13)23(4,19)20/h9-12H,5-8H2,1-4H3. The molecule has 0 aliphatic heterocycles. The summed E-state index contributed by atoms with van der Waals surface area (Å²) in [5.41, 5.74) is 0.896. The summed E-state index contributed by atoms with van der Waals surface area (Å²) in [6.45, 7) is 2.22. The molecule has 2 rings (SSSR count).